The highest BCUT2D eigenvalue weighted by Gasteiger charge is 2.27. The molecule has 0 bridgehead atoms. The van der Waals surface area contributed by atoms with Gasteiger partial charge in [-0.2, -0.15) is 0 Å². The molecule has 2 aliphatic heterocycles. The van der Waals surface area contributed by atoms with E-state index in [0.717, 1.165) is 25.2 Å². The van der Waals surface area contributed by atoms with Crippen molar-refractivity contribution in [3.63, 3.8) is 0 Å². The molecule has 0 N–H and O–H groups in total. The van der Waals surface area contributed by atoms with Gasteiger partial charge in [0.15, 0.2) is 11.6 Å². The third kappa shape index (κ3) is 3.31. The summed E-state index contributed by atoms with van der Waals surface area (Å²) in [6.45, 7) is 6.82. The summed E-state index contributed by atoms with van der Waals surface area (Å²) in [6, 6.07) is 6.02. The lowest BCUT2D eigenvalue weighted by atomic mass is 10.0. The molecular formula is C17H25FN2O. The molecule has 1 atom stereocenters. The van der Waals surface area contributed by atoms with Gasteiger partial charge in [0.05, 0.1) is 6.61 Å². The quantitative estimate of drug-likeness (QED) is 0.850. The van der Waals surface area contributed by atoms with Crippen LogP contribution in [-0.2, 0) is 0 Å². The first kappa shape index (κ1) is 14.6. The highest BCUT2D eigenvalue weighted by Crippen LogP contribution is 2.27. The molecule has 21 heavy (non-hydrogen) atoms. The Labute approximate surface area is 126 Å². The van der Waals surface area contributed by atoms with E-state index in [2.05, 4.69) is 9.80 Å². The number of ether oxygens (including phenoxy) is 1. The number of hydrogen-bond acceptors (Lipinski definition) is 3. The van der Waals surface area contributed by atoms with Crippen molar-refractivity contribution in [3.8, 4) is 5.75 Å². The van der Waals surface area contributed by atoms with Crippen LogP contribution in [0.2, 0.25) is 0 Å². The molecule has 1 aromatic rings. The van der Waals surface area contributed by atoms with Crippen molar-refractivity contribution in [2.24, 2.45) is 0 Å². The van der Waals surface area contributed by atoms with Gasteiger partial charge >= 0.3 is 0 Å². The first-order chi connectivity index (χ1) is 10.3. The van der Waals surface area contributed by atoms with E-state index in [9.17, 15) is 4.39 Å². The van der Waals surface area contributed by atoms with Crippen LogP contribution in [0.5, 0.6) is 5.75 Å². The number of anilines is 1. The van der Waals surface area contributed by atoms with Crippen LogP contribution in [0.3, 0.4) is 0 Å². The minimum Gasteiger partial charge on any atom is -0.491 e. The Bertz CT molecular complexity index is 480. The molecule has 116 valence electrons. The van der Waals surface area contributed by atoms with Crippen LogP contribution in [0.4, 0.5) is 10.1 Å². The number of rotatable bonds is 3. The van der Waals surface area contributed by atoms with Gasteiger partial charge in [-0.25, -0.2) is 4.39 Å². The number of fused-ring (bicyclic) bond motifs is 1. The number of nitrogens with zero attached hydrogens (tertiary/aromatic N) is 2. The van der Waals surface area contributed by atoms with Gasteiger partial charge in [0.25, 0.3) is 0 Å². The van der Waals surface area contributed by atoms with Crippen molar-refractivity contribution in [2.75, 3.05) is 37.7 Å². The van der Waals surface area contributed by atoms with Gasteiger partial charge < -0.3 is 9.64 Å². The van der Waals surface area contributed by atoms with Crippen LogP contribution in [0.25, 0.3) is 0 Å². The van der Waals surface area contributed by atoms with E-state index in [1.165, 1.54) is 32.4 Å². The largest absolute Gasteiger partial charge is 0.491 e. The van der Waals surface area contributed by atoms with Crippen LogP contribution in [0.15, 0.2) is 18.2 Å². The van der Waals surface area contributed by atoms with Crippen molar-refractivity contribution < 1.29 is 9.13 Å². The fourth-order valence-electron chi connectivity index (χ4n) is 3.57. The number of benzene rings is 1. The second-order valence-electron chi connectivity index (χ2n) is 6.03. The van der Waals surface area contributed by atoms with Crippen molar-refractivity contribution in [1.29, 1.82) is 0 Å². The average molecular weight is 292 g/mol. The van der Waals surface area contributed by atoms with Crippen molar-refractivity contribution in [2.45, 2.75) is 38.6 Å². The van der Waals surface area contributed by atoms with Crippen LogP contribution < -0.4 is 9.64 Å². The van der Waals surface area contributed by atoms with E-state index < -0.39 is 0 Å². The summed E-state index contributed by atoms with van der Waals surface area (Å²) in [5, 5.41) is 0. The molecule has 0 amide bonds. The first-order valence-corrected chi connectivity index (χ1v) is 8.19. The maximum atomic E-state index is 14.1. The second kappa shape index (κ2) is 6.65. The van der Waals surface area contributed by atoms with Crippen molar-refractivity contribution in [1.82, 2.24) is 4.90 Å². The Morgan fingerprint density at radius 2 is 2.05 bits per heavy atom. The Kier molecular flexibility index (Phi) is 4.63. The molecule has 2 fully saturated rings. The molecule has 2 saturated heterocycles. The van der Waals surface area contributed by atoms with E-state index in [1.54, 1.807) is 12.1 Å². The third-order valence-corrected chi connectivity index (χ3v) is 4.63. The van der Waals surface area contributed by atoms with Gasteiger partial charge in [0.1, 0.15) is 0 Å². The summed E-state index contributed by atoms with van der Waals surface area (Å²) in [7, 11) is 0. The number of piperidine rings is 1. The zero-order valence-corrected chi connectivity index (χ0v) is 12.9. The molecule has 2 aliphatic rings. The monoisotopic (exact) mass is 292 g/mol. The normalized spacial score (nSPS) is 23.5. The molecule has 0 saturated carbocycles. The van der Waals surface area contributed by atoms with Gasteiger partial charge in [0.2, 0.25) is 0 Å². The maximum absolute atomic E-state index is 14.1. The lowest BCUT2D eigenvalue weighted by molar-refractivity contribution is 0.162. The predicted octanol–water partition coefficient (Wildman–Crippen LogP) is 3.29. The Morgan fingerprint density at radius 1 is 1.19 bits per heavy atom. The van der Waals surface area contributed by atoms with Crippen LogP contribution in [0, 0.1) is 5.82 Å². The van der Waals surface area contributed by atoms with Gasteiger partial charge in [-0.15, -0.1) is 0 Å². The molecule has 0 radical (unpaired) electrons. The lowest BCUT2D eigenvalue weighted by Crippen LogP contribution is -2.44. The minimum absolute atomic E-state index is 0.251. The first-order valence-electron chi connectivity index (χ1n) is 8.19. The Hall–Kier alpha value is -1.29. The van der Waals surface area contributed by atoms with Gasteiger partial charge in [-0.3, -0.25) is 4.90 Å². The van der Waals surface area contributed by atoms with Crippen molar-refractivity contribution >= 4 is 5.69 Å². The molecular weight excluding hydrogens is 267 g/mol. The standard InChI is InChI=1S/C17H25FN2O/c1-2-21-17-8-7-14(12-16(17)18)20-11-5-10-19-9-4-3-6-15(19)13-20/h7-8,12,15H,2-6,9-11,13H2,1H3. The van der Waals surface area contributed by atoms with Crippen LogP contribution >= 0.6 is 0 Å². The van der Waals surface area contributed by atoms with Gasteiger partial charge in [-0.05, 0) is 44.9 Å². The van der Waals surface area contributed by atoms with Crippen LogP contribution in [-0.4, -0.2) is 43.7 Å². The summed E-state index contributed by atoms with van der Waals surface area (Å²) < 4.78 is 19.4. The number of hydrogen-bond donors (Lipinski definition) is 0. The smallest absolute Gasteiger partial charge is 0.167 e. The predicted molar refractivity (Wildman–Crippen MR) is 83.6 cm³/mol. The van der Waals surface area contributed by atoms with E-state index in [-0.39, 0.29) is 5.82 Å². The molecule has 1 unspecified atom stereocenters. The fourth-order valence-corrected chi connectivity index (χ4v) is 3.57. The highest BCUT2D eigenvalue weighted by atomic mass is 19.1. The molecule has 0 spiro atoms. The minimum atomic E-state index is -0.251. The zero-order valence-electron chi connectivity index (χ0n) is 12.9. The molecule has 4 heteroatoms. The van der Waals surface area contributed by atoms with Crippen molar-refractivity contribution in [3.05, 3.63) is 24.0 Å². The fraction of sp³-hybridized carbons (Fsp3) is 0.647. The summed E-state index contributed by atoms with van der Waals surface area (Å²) in [4.78, 5) is 4.96. The summed E-state index contributed by atoms with van der Waals surface area (Å²) in [5.41, 5.74) is 0.989. The SMILES string of the molecule is CCOc1ccc(N2CCCN3CCCCC3C2)cc1F. The Morgan fingerprint density at radius 3 is 2.86 bits per heavy atom. The molecule has 1 aromatic carbocycles. The average Bonchev–Trinajstić information content (AvgIpc) is 2.71. The number of halogens is 1. The van der Waals surface area contributed by atoms with E-state index >= 15 is 0 Å². The highest BCUT2D eigenvalue weighted by molar-refractivity contribution is 5.50. The van der Waals surface area contributed by atoms with E-state index in [4.69, 9.17) is 4.74 Å². The molecule has 3 rings (SSSR count). The van der Waals surface area contributed by atoms with Gasteiger partial charge in [0, 0.05) is 37.4 Å². The summed E-state index contributed by atoms with van der Waals surface area (Å²) in [5.74, 6) is 0.106. The lowest BCUT2D eigenvalue weighted by Gasteiger charge is -2.35. The van der Waals surface area contributed by atoms with Gasteiger partial charge in [-0.1, -0.05) is 6.42 Å². The zero-order chi connectivity index (χ0) is 14.7. The summed E-state index contributed by atoms with van der Waals surface area (Å²) in [6.07, 6.45) is 5.09. The molecule has 0 aliphatic carbocycles. The second-order valence-corrected chi connectivity index (χ2v) is 6.03. The molecule has 0 aromatic heterocycles. The van der Waals surface area contributed by atoms with Crippen LogP contribution in [0.1, 0.15) is 32.6 Å². The maximum Gasteiger partial charge on any atom is 0.167 e. The molecule has 2 heterocycles. The summed E-state index contributed by atoms with van der Waals surface area (Å²) >= 11 is 0. The third-order valence-electron chi connectivity index (χ3n) is 4.63. The topological polar surface area (TPSA) is 15.7 Å². The Balaban J connectivity index is 1.74. The molecule has 3 nitrogen and oxygen atoms in total. The van der Waals surface area contributed by atoms with E-state index in [0.29, 0.717) is 18.4 Å². The van der Waals surface area contributed by atoms with E-state index in [1.807, 2.05) is 13.0 Å².